The van der Waals surface area contributed by atoms with Gasteiger partial charge in [-0.15, -0.1) is 4.80 Å². The second kappa shape index (κ2) is 7.90. The number of benzene rings is 1. The quantitative estimate of drug-likeness (QED) is 0.606. The van der Waals surface area contributed by atoms with E-state index >= 15 is 0 Å². The highest BCUT2D eigenvalue weighted by Gasteiger charge is 2.43. The Labute approximate surface area is 191 Å². The summed E-state index contributed by atoms with van der Waals surface area (Å²) in [7, 11) is 0. The number of fused-ring (bicyclic) bond motifs is 1. The van der Waals surface area contributed by atoms with Crippen LogP contribution in [0.15, 0.2) is 42.7 Å². The number of carbonyl (C=O) groups is 1. The van der Waals surface area contributed by atoms with Crippen LogP contribution in [0.5, 0.6) is 0 Å². The van der Waals surface area contributed by atoms with Gasteiger partial charge in [0.15, 0.2) is 5.82 Å². The number of amides is 1. The molecule has 0 bridgehead atoms. The van der Waals surface area contributed by atoms with E-state index < -0.39 is 11.5 Å². The largest absolute Gasteiger partial charge is 0.356 e. The summed E-state index contributed by atoms with van der Waals surface area (Å²) in [4.78, 5) is 23.1. The van der Waals surface area contributed by atoms with E-state index in [0.717, 1.165) is 29.4 Å². The molecule has 2 aliphatic heterocycles. The third-order valence-corrected chi connectivity index (χ3v) is 6.56. The molecule has 0 aliphatic carbocycles. The van der Waals surface area contributed by atoms with Gasteiger partial charge in [-0.2, -0.15) is 10.2 Å². The molecular weight excluding hydrogens is 426 g/mol. The van der Waals surface area contributed by atoms with Crippen molar-refractivity contribution >= 4 is 11.7 Å². The third-order valence-electron chi connectivity index (χ3n) is 6.56. The molecule has 0 N–H and O–H groups in total. The number of aromatic nitrogens is 4. The molecule has 2 atom stereocenters. The molecule has 172 valence electrons. The van der Waals surface area contributed by atoms with Crippen LogP contribution in [0.2, 0.25) is 0 Å². The number of halogens is 2. The second-order valence-corrected chi connectivity index (χ2v) is 9.42. The highest BCUT2D eigenvalue weighted by Crippen LogP contribution is 2.36. The van der Waals surface area contributed by atoms with Crippen LogP contribution in [0.25, 0.3) is 5.69 Å². The number of aryl methyl sites for hydroxylation is 1. The summed E-state index contributed by atoms with van der Waals surface area (Å²) < 4.78 is 29.1. The van der Waals surface area contributed by atoms with Gasteiger partial charge in [0.25, 0.3) is 5.91 Å². The van der Waals surface area contributed by atoms with Crippen molar-refractivity contribution in [1.82, 2.24) is 24.9 Å². The van der Waals surface area contributed by atoms with E-state index in [9.17, 15) is 13.6 Å². The van der Waals surface area contributed by atoms with Gasteiger partial charge in [0, 0.05) is 43.7 Å². The van der Waals surface area contributed by atoms with E-state index in [2.05, 4.69) is 20.1 Å². The van der Waals surface area contributed by atoms with Gasteiger partial charge >= 0.3 is 0 Å². The zero-order valence-electron chi connectivity index (χ0n) is 18.9. The Balaban J connectivity index is 1.33. The molecule has 0 saturated carbocycles. The van der Waals surface area contributed by atoms with Crippen LogP contribution in [0.4, 0.5) is 14.6 Å². The fraction of sp³-hybridized carbons (Fsp3) is 0.417. The highest BCUT2D eigenvalue weighted by atomic mass is 19.1. The fourth-order valence-electron chi connectivity index (χ4n) is 4.90. The SMILES string of the molecule is Cc1cc(C(C)(C)F)cc(N2C[C@H]3CN(C(=O)c4cccc(F)c4-n4nccn4)C[C@H]3C2)n1. The van der Waals surface area contributed by atoms with Crippen LogP contribution in [0.1, 0.15) is 35.5 Å². The number of anilines is 1. The molecular formula is C24H26F2N6O. The lowest BCUT2D eigenvalue weighted by Gasteiger charge is -2.25. The molecule has 4 heterocycles. The first kappa shape index (κ1) is 21.5. The van der Waals surface area contributed by atoms with Crippen molar-refractivity contribution in [3.8, 4) is 5.69 Å². The number of alkyl halides is 1. The third kappa shape index (κ3) is 3.96. The monoisotopic (exact) mass is 452 g/mol. The van der Waals surface area contributed by atoms with Crippen LogP contribution in [-0.4, -0.2) is 57.0 Å². The average molecular weight is 453 g/mol. The average Bonchev–Trinajstić information content (AvgIpc) is 3.48. The van der Waals surface area contributed by atoms with Crippen molar-refractivity contribution < 1.29 is 13.6 Å². The Bertz CT molecular complexity index is 1180. The topological polar surface area (TPSA) is 67.2 Å². The number of hydrogen-bond acceptors (Lipinski definition) is 5. The predicted molar refractivity (Wildman–Crippen MR) is 120 cm³/mol. The number of pyridine rings is 1. The molecule has 0 unspecified atom stereocenters. The Morgan fingerprint density at radius 3 is 2.36 bits per heavy atom. The maximum Gasteiger partial charge on any atom is 0.256 e. The molecule has 1 amide bonds. The number of carbonyl (C=O) groups excluding carboxylic acids is 1. The maximum absolute atomic E-state index is 14.6. The molecule has 7 nitrogen and oxygen atoms in total. The molecule has 3 aromatic rings. The van der Waals surface area contributed by atoms with Gasteiger partial charge in [-0.25, -0.2) is 13.8 Å². The Kier molecular flexibility index (Phi) is 5.14. The summed E-state index contributed by atoms with van der Waals surface area (Å²) >= 11 is 0. The van der Waals surface area contributed by atoms with Crippen molar-refractivity contribution in [3.63, 3.8) is 0 Å². The second-order valence-electron chi connectivity index (χ2n) is 9.42. The van der Waals surface area contributed by atoms with Crippen LogP contribution in [0, 0.1) is 24.6 Å². The summed E-state index contributed by atoms with van der Waals surface area (Å²) in [6.45, 7) is 7.62. The Morgan fingerprint density at radius 1 is 1.06 bits per heavy atom. The molecule has 5 rings (SSSR count). The van der Waals surface area contributed by atoms with Crippen molar-refractivity contribution in [1.29, 1.82) is 0 Å². The van der Waals surface area contributed by atoms with E-state index in [1.165, 1.54) is 24.5 Å². The number of hydrogen-bond donors (Lipinski definition) is 0. The zero-order valence-corrected chi connectivity index (χ0v) is 18.9. The van der Waals surface area contributed by atoms with Gasteiger partial charge in [0.05, 0.1) is 18.0 Å². The molecule has 2 saturated heterocycles. The van der Waals surface area contributed by atoms with Gasteiger partial charge < -0.3 is 9.80 Å². The molecule has 1 aromatic carbocycles. The number of para-hydroxylation sites is 1. The Morgan fingerprint density at radius 2 is 1.73 bits per heavy atom. The summed E-state index contributed by atoms with van der Waals surface area (Å²) in [6, 6.07) is 8.05. The lowest BCUT2D eigenvalue weighted by molar-refractivity contribution is 0.0781. The lowest BCUT2D eigenvalue weighted by atomic mass is 10.0. The minimum atomic E-state index is -1.44. The van der Waals surface area contributed by atoms with Crippen LogP contribution >= 0.6 is 0 Å². The van der Waals surface area contributed by atoms with Crippen LogP contribution in [0.3, 0.4) is 0 Å². The van der Waals surface area contributed by atoms with Crippen molar-refractivity contribution in [3.05, 3.63) is 65.4 Å². The summed E-state index contributed by atoms with van der Waals surface area (Å²) in [5.41, 5.74) is 0.278. The molecule has 0 radical (unpaired) electrons. The maximum atomic E-state index is 14.6. The molecule has 2 fully saturated rings. The predicted octanol–water partition coefficient (Wildman–Crippen LogP) is 3.52. The molecule has 0 spiro atoms. The number of likely N-dealkylation sites (tertiary alicyclic amines) is 1. The van der Waals surface area contributed by atoms with Gasteiger partial charge in [-0.05, 0) is 50.6 Å². The Hall–Kier alpha value is -3.36. The lowest BCUT2D eigenvalue weighted by Crippen LogP contribution is -2.34. The fourth-order valence-corrected chi connectivity index (χ4v) is 4.90. The number of nitrogens with zero attached hydrogens (tertiary/aromatic N) is 6. The first-order valence-corrected chi connectivity index (χ1v) is 11.1. The molecule has 2 aromatic heterocycles. The first-order valence-electron chi connectivity index (χ1n) is 11.1. The zero-order chi connectivity index (χ0) is 23.3. The van der Waals surface area contributed by atoms with Gasteiger partial charge in [-0.3, -0.25) is 4.79 Å². The van der Waals surface area contributed by atoms with Crippen LogP contribution in [-0.2, 0) is 5.67 Å². The smallest absolute Gasteiger partial charge is 0.256 e. The highest BCUT2D eigenvalue weighted by molar-refractivity contribution is 5.98. The summed E-state index contributed by atoms with van der Waals surface area (Å²) in [5.74, 6) is 0.564. The summed E-state index contributed by atoms with van der Waals surface area (Å²) in [6.07, 6.45) is 2.90. The minimum absolute atomic E-state index is 0.0662. The summed E-state index contributed by atoms with van der Waals surface area (Å²) in [5, 5.41) is 8.01. The van der Waals surface area contributed by atoms with Gasteiger partial charge in [0.1, 0.15) is 17.2 Å². The number of rotatable bonds is 4. The van der Waals surface area contributed by atoms with E-state index in [0.29, 0.717) is 18.7 Å². The molecule has 9 heteroatoms. The van der Waals surface area contributed by atoms with Crippen molar-refractivity contribution in [2.24, 2.45) is 11.8 Å². The van der Waals surface area contributed by atoms with E-state index in [4.69, 9.17) is 0 Å². The van der Waals surface area contributed by atoms with E-state index in [1.54, 1.807) is 30.9 Å². The standard InChI is InChI=1S/C24H26F2N6O/c1-15-9-18(24(2,3)26)10-21(29-15)30-11-16-13-31(14-17(16)12-30)23(33)19-5-4-6-20(25)22(19)32-27-7-8-28-32/h4-10,16-17H,11-14H2,1-3H3/t16-,17+. The molecule has 33 heavy (non-hydrogen) atoms. The van der Waals surface area contributed by atoms with E-state index in [-0.39, 0.29) is 29.0 Å². The first-order chi connectivity index (χ1) is 15.7. The van der Waals surface area contributed by atoms with E-state index in [1.807, 2.05) is 13.0 Å². The van der Waals surface area contributed by atoms with Crippen molar-refractivity contribution in [2.75, 3.05) is 31.1 Å². The minimum Gasteiger partial charge on any atom is -0.356 e. The van der Waals surface area contributed by atoms with Crippen LogP contribution < -0.4 is 4.90 Å². The van der Waals surface area contributed by atoms with Gasteiger partial charge in [-0.1, -0.05) is 6.07 Å². The normalized spacial score (nSPS) is 20.4. The molecule has 2 aliphatic rings. The van der Waals surface area contributed by atoms with Gasteiger partial charge in [0.2, 0.25) is 0 Å². The van der Waals surface area contributed by atoms with Crippen molar-refractivity contribution in [2.45, 2.75) is 26.4 Å².